The zero-order valence-electron chi connectivity index (χ0n) is 11.6. The van der Waals surface area contributed by atoms with Crippen molar-refractivity contribution in [2.45, 2.75) is 19.3 Å². The highest BCUT2D eigenvalue weighted by atomic mass is 16.1. The van der Waals surface area contributed by atoms with Gasteiger partial charge in [0.05, 0.1) is 0 Å². The van der Waals surface area contributed by atoms with Gasteiger partial charge in [-0.3, -0.25) is 4.79 Å². The monoisotopic (exact) mass is 271 g/mol. The smallest absolute Gasteiger partial charge is 0.251 e. The first-order valence-electron chi connectivity index (χ1n) is 7.39. The van der Waals surface area contributed by atoms with Gasteiger partial charge in [-0.1, -0.05) is 6.07 Å². The molecule has 1 aliphatic heterocycles. The van der Waals surface area contributed by atoms with Gasteiger partial charge in [-0.05, 0) is 61.9 Å². The number of carbonyl (C=O) groups is 1. The van der Waals surface area contributed by atoms with Crippen molar-refractivity contribution in [3.63, 3.8) is 0 Å². The number of piperidine rings is 1. The molecule has 1 aliphatic rings. The second-order valence-corrected chi connectivity index (χ2v) is 5.54. The van der Waals surface area contributed by atoms with E-state index in [-0.39, 0.29) is 5.91 Å². The molecule has 4 nitrogen and oxygen atoms in total. The van der Waals surface area contributed by atoms with E-state index in [0.29, 0.717) is 5.92 Å². The molecular formula is C16H21N3O. The third-order valence-electron chi connectivity index (χ3n) is 4.05. The summed E-state index contributed by atoms with van der Waals surface area (Å²) < 4.78 is 0. The number of aromatic nitrogens is 1. The van der Waals surface area contributed by atoms with Gasteiger partial charge in [0.25, 0.3) is 5.91 Å². The van der Waals surface area contributed by atoms with Crippen LogP contribution in [0.5, 0.6) is 0 Å². The standard InChI is InChI=1S/C16H21N3O/c20-16(19-8-5-12-2-1-7-17-11-12)14-4-3-13-6-9-18-15(13)10-14/h3-4,6,9-10,12,17-18H,1-2,5,7-8,11H2,(H,19,20). The molecule has 0 aliphatic carbocycles. The summed E-state index contributed by atoms with van der Waals surface area (Å²) >= 11 is 0. The van der Waals surface area contributed by atoms with Crippen molar-refractivity contribution < 1.29 is 4.79 Å². The molecule has 2 heterocycles. The molecule has 0 spiro atoms. The maximum atomic E-state index is 12.1. The molecule has 106 valence electrons. The van der Waals surface area contributed by atoms with Crippen molar-refractivity contribution in [2.75, 3.05) is 19.6 Å². The summed E-state index contributed by atoms with van der Waals surface area (Å²) in [5, 5.41) is 7.56. The van der Waals surface area contributed by atoms with Crippen LogP contribution in [-0.2, 0) is 0 Å². The molecule has 1 aromatic heterocycles. The number of hydrogen-bond acceptors (Lipinski definition) is 2. The first-order chi connectivity index (χ1) is 9.83. The van der Waals surface area contributed by atoms with E-state index < -0.39 is 0 Å². The lowest BCUT2D eigenvalue weighted by atomic mass is 9.96. The Hall–Kier alpha value is -1.81. The van der Waals surface area contributed by atoms with E-state index in [1.165, 1.54) is 12.8 Å². The van der Waals surface area contributed by atoms with Crippen LogP contribution in [0.3, 0.4) is 0 Å². The van der Waals surface area contributed by atoms with E-state index >= 15 is 0 Å². The lowest BCUT2D eigenvalue weighted by molar-refractivity contribution is 0.0951. The molecule has 2 aromatic rings. The number of carbonyl (C=O) groups excluding carboxylic acids is 1. The Bertz CT molecular complexity index is 584. The van der Waals surface area contributed by atoms with Crippen molar-refractivity contribution in [1.82, 2.24) is 15.6 Å². The first-order valence-corrected chi connectivity index (χ1v) is 7.39. The summed E-state index contributed by atoms with van der Waals surface area (Å²) in [6.07, 6.45) is 5.48. The van der Waals surface area contributed by atoms with Crippen molar-refractivity contribution in [1.29, 1.82) is 0 Å². The first kappa shape index (κ1) is 13.2. The van der Waals surface area contributed by atoms with Gasteiger partial charge in [-0.15, -0.1) is 0 Å². The minimum atomic E-state index is 0.0188. The number of benzene rings is 1. The molecule has 0 radical (unpaired) electrons. The van der Waals surface area contributed by atoms with Crippen LogP contribution >= 0.6 is 0 Å². The molecule has 1 aromatic carbocycles. The molecule has 1 atom stereocenters. The molecule has 3 N–H and O–H groups in total. The van der Waals surface area contributed by atoms with E-state index in [1.54, 1.807) is 0 Å². The number of aromatic amines is 1. The number of nitrogens with one attached hydrogen (secondary N) is 3. The summed E-state index contributed by atoms with van der Waals surface area (Å²) in [5.74, 6) is 0.722. The second-order valence-electron chi connectivity index (χ2n) is 5.54. The summed E-state index contributed by atoms with van der Waals surface area (Å²) in [5.41, 5.74) is 1.73. The van der Waals surface area contributed by atoms with Crippen LogP contribution < -0.4 is 10.6 Å². The van der Waals surface area contributed by atoms with Crippen LogP contribution in [0.4, 0.5) is 0 Å². The van der Waals surface area contributed by atoms with Gasteiger partial charge in [-0.25, -0.2) is 0 Å². The highest BCUT2D eigenvalue weighted by molar-refractivity contribution is 5.97. The quantitative estimate of drug-likeness (QED) is 0.799. The van der Waals surface area contributed by atoms with Gasteiger partial charge in [0.15, 0.2) is 0 Å². The SMILES string of the molecule is O=C(NCCC1CCCNC1)c1ccc2cc[nH]c2c1. The predicted molar refractivity (Wildman–Crippen MR) is 80.8 cm³/mol. The van der Waals surface area contributed by atoms with Crippen LogP contribution in [0.15, 0.2) is 30.5 Å². The minimum absolute atomic E-state index is 0.0188. The van der Waals surface area contributed by atoms with Crippen LogP contribution in [0.2, 0.25) is 0 Å². The van der Waals surface area contributed by atoms with Crippen LogP contribution in [0.1, 0.15) is 29.6 Å². The number of fused-ring (bicyclic) bond motifs is 1. The molecule has 0 saturated carbocycles. The fourth-order valence-corrected chi connectivity index (χ4v) is 2.85. The van der Waals surface area contributed by atoms with E-state index in [1.807, 2.05) is 30.5 Å². The second kappa shape index (κ2) is 6.09. The van der Waals surface area contributed by atoms with Crippen molar-refractivity contribution in [2.24, 2.45) is 5.92 Å². The van der Waals surface area contributed by atoms with Gasteiger partial charge in [0.1, 0.15) is 0 Å². The highest BCUT2D eigenvalue weighted by Crippen LogP contribution is 2.15. The highest BCUT2D eigenvalue weighted by Gasteiger charge is 2.13. The largest absolute Gasteiger partial charge is 0.361 e. The number of H-pyrrole nitrogens is 1. The average Bonchev–Trinajstić information content (AvgIpc) is 2.95. The fraction of sp³-hybridized carbons (Fsp3) is 0.438. The number of amides is 1. The van der Waals surface area contributed by atoms with Crippen LogP contribution in [0, 0.1) is 5.92 Å². The molecule has 1 amide bonds. The molecule has 4 heteroatoms. The van der Waals surface area contributed by atoms with Crippen molar-refractivity contribution in [3.05, 3.63) is 36.0 Å². The van der Waals surface area contributed by atoms with Crippen LogP contribution in [-0.4, -0.2) is 30.5 Å². The van der Waals surface area contributed by atoms with E-state index in [9.17, 15) is 4.79 Å². The number of hydrogen-bond donors (Lipinski definition) is 3. The van der Waals surface area contributed by atoms with Crippen molar-refractivity contribution >= 4 is 16.8 Å². The van der Waals surface area contributed by atoms with Gasteiger partial charge >= 0.3 is 0 Å². The molecule has 1 unspecified atom stereocenters. The summed E-state index contributed by atoms with van der Waals surface area (Å²) in [6, 6.07) is 7.78. The third-order valence-corrected chi connectivity index (χ3v) is 4.05. The zero-order chi connectivity index (χ0) is 13.8. The fourth-order valence-electron chi connectivity index (χ4n) is 2.85. The Morgan fingerprint density at radius 2 is 2.30 bits per heavy atom. The lowest BCUT2D eigenvalue weighted by Gasteiger charge is -2.22. The Labute approximate surface area is 118 Å². The lowest BCUT2D eigenvalue weighted by Crippen LogP contribution is -2.33. The molecule has 0 bridgehead atoms. The van der Waals surface area contributed by atoms with E-state index in [4.69, 9.17) is 0 Å². The maximum absolute atomic E-state index is 12.1. The van der Waals surface area contributed by atoms with Crippen molar-refractivity contribution in [3.8, 4) is 0 Å². The Morgan fingerprint density at radius 1 is 1.35 bits per heavy atom. The molecule has 3 rings (SSSR count). The zero-order valence-corrected chi connectivity index (χ0v) is 11.6. The minimum Gasteiger partial charge on any atom is -0.361 e. The topological polar surface area (TPSA) is 56.9 Å². The molecule has 1 fully saturated rings. The van der Waals surface area contributed by atoms with Gasteiger partial charge < -0.3 is 15.6 Å². The van der Waals surface area contributed by atoms with Gasteiger partial charge in [0, 0.05) is 23.8 Å². The predicted octanol–water partition coefficient (Wildman–Crippen LogP) is 2.29. The van der Waals surface area contributed by atoms with E-state index in [0.717, 1.165) is 42.5 Å². The molecular weight excluding hydrogens is 250 g/mol. The van der Waals surface area contributed by atoms with E-state index in [2.05, 4.69) is 15.6 Å². The maximum Gasteiger partial charge on any atom is 0.251 e. The summed E-state index contributed by atoms with van der Waals surface area (Å²) in [4.78, 5) is 15.2. The normalized spacial score (nSPS) is 19.1. The number of rotatable bonds is 4. The Balaban J connectivity index is 1.53. The summed E-state index contributed by atoms with van der Waals surface area (Å²) in [6.45, 7) is 2.98. The Kier molecular flexibility index (Phi) is 4.02. The third kappa shape index (κ3) is 3.02. The molecule has 1 saturated heterocycles. The van der Waals surface area contributed by atoms with Crippen LogP contribution in [0.25, 0.3) is 10.9 Å². The average molecular weight is 271 g/mol. The summed E-state index contributed by atoms with van der Waals surface area (Å²) in [7, 11) is 0. The van der Waals surface area contributed by atoms with Gasteiger partial charge in [0.2, 0.25) is 0 Å². The Morgan fingerprint density at radius 3 is 3.15 bits per heavy atom. The molecule has 20 heavy (non-hydrogen) atoms. The van der Waals surface area contributed by atoms with Gasteiger partial charge in [-0.2, -0.15) is 0 Å².